The Hall–Kier alpha value is -3.46. The highest BCUT2D eigenvalue weighted by atomic mass is 19.4. The minimum absolute atomic E-state index is 0.0497. The SMILES string of the molecule is CC(C)(O)c1ccn2c(-c3ccc(F)c(-c4ccccc4OC(F)(F)F)c3)cnc2c1F. The Morgan fingerprint density at radius 3 is 2.38 bits per heavy atom. The number of pyridine rings is 1. The highest BCUT2D eigenvalue weighted by molar-refractivity contribution is 5.76. The van der Waals surface area contributed by atoms with Crippen molar-refractivity contribution in [3.05, 3.63) is 78.1 Å². The number of halogens is 5. The zero-order valence-corrected chi connectivity index (χ0v) is 16.9. The highest BCUT2D eigenvalue weighted by Gasteiger charge is 2.32. The molecule has 166 valence electrons. The molecule has 0 bridgehead atoms. The molecule has 9 heteroatoms. The van der Waals surface area contributed by atoms with Crippen molar-refractivity contribution < 1.29 is 31.8 Å². The fourth-order valence-corrected chi connectivity index (χ4v) is 3.50. The van der Waals surface area contributed by atoms with Crippen LogP contribution >= 0.6 is 0 Å². The van der Waals surface area contributed by atoms with Gasteiger partial charge in [-0.2, -0.15) is 0 Å². The first-order valence-corrected chi connectivity index (χ1v) is 9.49. The summed E-state index contributed by atoms with van der Waals surface area (Å²) in [5, 5.41) is 10.1. The summed E-state index contributed by atoms with van der Waals surface area (Å²) in [6, 6.07) is 10.5. The number of ether oxygens (including phenoxy) is 1. The number of fused-ring (bicyclic) bond motifs is 1. The lowest BCUT2D eigenvalue weighted by molar-refractivity contribution is -0.274. The van der Waals surface area contributed by atoms with Crippen LogP contribution in [-0.4, -0.2) is 20.9 Å². The molecule has 0 aliphatic heterocycles. The minimum atomic E-state index is -4.94. The molecule has 0 aliphatic rings. The Morgan fingerprint density at radius 2 is 1.69 bits per heavy atom. The third-order valence-corrected chi connectivity index (χ3v) is 4.94. The molecule has 1 N–H and O–H groups in total. The molecular formula is C23H17F5N2O2. The van der Waals surface area contributed by atoms with Gasteiger partial charge in [0.25, 0.3) is 0 Å². The van der Waals surface area contributed by atoms with Gasteiger partial charge in [0.15, 0.2) is 11.5 Å². The van der Waals surface area contributed by atoms with Gasteiger partial charge in [-0.05, 0) is 44.2 Å². The fourth-order valence-electron chi connectivity index (χ4n) is 3.50. The smallest absolute Gasteiger partial charge is 0.405 e. The lowest BCUT2D eigenvalue weighted by Gasteiger charge is -2.19. The number of aromatic nitrogens is 2. The molecule has 0 amide bonds. The van der Waals surface area contributed by atoms with Gasteiger partial charge in [-0.1, -0.05) is 18.2 Å². The van der Waals surface area contributed by atoms with Crippen LogP contribution in [0, 0.1) is 11.6 Å². The molecule has 0 saturated heterocycles. The van der Waals surface area contributed by atoms with Crippen LogP contribution in [0.25, 0.3) is 28.0 Å². The summed E-state index contributed by atoms with van der Waals surface area (Å²) in [7, 11) is 0. The zero-order chi connectivity index (χ0) is 23.3. The largest absolute Gasteiger partial charge is 0.573 e. The van der Waals surface area contributed by atoms with Crippen molar-refractivity contribution in [2.45, 2.75) is 25.8 Å². The number of benzene rings is 2. The lowest BCUT2D eigenvalue weighted by Crippen LogP contribution is -2.18. The van der Waals surface area contributed by atoms with E-state index in [4.69, 9.17) is 0 Å². The summed E-state index contributed by atoms with van der Waals surface area (Å²) in [6.07, 6.45) is -2.07. The molecule has 0 saturated carbocycles. The van der Waals surface area contributed by atoms with E-state index in [1.54, 1.807) is 0 Å². The van der Waals surface area contributed by atoms with Crippen LogP contribution in [0.2, 0.25) is 0 Å². The third-order valence-electron chi connectivity index (χ3n) is 4.94. The maximum atomic E-state index is 14.9. The zero-order valence-electron chi connectivity index (χ0n) is 16.9. The highest BCUT2D eigenvalue weighted by Crippen LogP contribution is 2.37. The van der Waals surface area contributed by atoms with Gasteiger partial charge in [-0.25, -0.2) is 13.8 Å². The first-order valence-electron chi connectivity index (χ1n) is 9.49. The molecular weight excluding hydrogens is 431 g/mol. The van der Waals surface area contributed by atoms with E-state index in [-0.39, 0.29) is 22.3 Å². The molecule has 4 rings (SSSR count). The van der Waals surface area contributed by atoms with E-state index in [0.717, 1.165) is 12.1 Å². The van der Waals surface area contributed by atoms with Gasteiger partial charge in [0.1, 0.15) is 11.6 Å². The molecule has 0 radical (unpaired) electrons. The number of para-hydroxylation sites is 1. The molecule has 4 nitrogen and oxygen atoms in total. The Kier molecular flexibility index (Phi) is 5.16. The first-order chi connectivity index (χ1) is 15.0. The number of hydrogen-bond acceptors (Lipinski definition) is 3. The quantitative estimate of drug-likeness (QED) is 0.386. The summed E-state index contributed by atoms with van der Waals surface area (Å²) in [6.45, 7) is 2.89. The number of rotatable bonds is 4. The monoisotopic (exact) mass is 448 g/mol. The van der Waals surface area contributed by atoms with Gasteiger partial charge >= 0.3 is 6.36 Å². The van der Waals surface area contributed by atoms with E-state index >= 15 is 0 Å². The van der Waals surface area contributed by atoms with Crippen molar-refractivity contribution in [2.75, 3.05) is 0 Å². The normalized spacial score (nSPS) is 12.4. The molecule has 0 aliphatic carbocycles. The van der Waals surface area contributed by atoms with Crippen molar-refractivity contribution >= 4 is 5.65 Å². The van der Waals surface area contributed by atoms with Gasteiger partial charge in [0, 0.05) is 28.5 Å². The van der Waals surface area contributed by atoms with E-state index in [2.05, 4.69) is 9.72 Å². The summed E-state index contributed by atoms with van der Waals surface area (Å²) in [5.41, 5.74) is -0.850. The third kappa shape index (κ3) is 4.03. The summed E-state index contributed by atoms with van der Waals surface area (Å²) in [4.78, 5) is 4.07. The lowest BCUT2D eigenvalue weighted by atomic mass is 9.99. The van der Waals surface area contributed by atoms with Crippen LogP contribution in [0.4, 0.5) is 22.0 Å². The number of alkyl halides is 3. The average molecular weight is 448 g/mol. The maximum absolute atomic E-state index is 14.9. The van der Waals surface area contributed by atoms with Crippen molar-refractivity contribution in [1.29, 1.82) is 0 Å². The molecule has 0 atom stereocenters. The molecule has 0 fully saturated rings. The Morgan fingerprint density at radius 1 is 0.969 bits per heavy atom. The second-order valence-corrected chi connectivity index (χ2v) is 7.68. The second-order valence-electron chi connectivity index (χ2n) is 7.68. The average Bonchev–Trinajstić information content (AvgIpc) is 3.12. The van der Waals surface area contributed by atoms with Gasteiger partial charge < -0.3 is 9.84 Å². The summed E-state index contributed by atoms with van der Waals surface area (Å²) < 4.78 is 73.3. The molecule has 0 unspecified atom stereocenters. The number of nitrogens with zero attached hydrogens (tertiary/aromatic N) is 2. The number of hydrogen-bond donors (Lipinski definition) is 1. The van der Waals surface area contributed by atoms with Gasteiger partial charge in [-0.3, -0.25) is 4.40 Å². The minimum Gasteiger partial charge on any atom is -0.405 e. The topological polar surface area (TPSA) is 46.8 Å². The standard InChI is InChI=1S/C23H17F5N2O2/c1-22(2,31)16-9-10-30-18(12-29-21(30)20(16)25)13-7-8-17(24)15(11-13)14-5-3-4-6-19(14)32-23(26,27)28/h3-12,31H,1-2H3. The van der Waals surface area contributed by atoms with E-state index in [0.29, 0.717) is 11.3 Å². The van der Waals surface area contributed by atoms with Gasteiger partial charge in [0.05, 0.1) is 17.5 Å². The van der Waals surface area contributed by atoms with Crippen LogP contribution in [-0.2, 0) is 5.60 Å². The molecule has 2 aromatic carbocycles. The molecule has 2 heterocycles. The van der Waals surface area contributed by atoms with Crippen molar-refractivity contribution in [2.24, 2.45) is 0 Å². The number of aliphatic hydroxyl groups is 1. The van der Waals surface area contributed by atoms with Crippen LogP contribution < -0.4 is 4.74 Å². The van der Waals surface area contributed by atoms with Crippen molar-refractivity contribution in [1.82, 2.24) is 9.38 Å². The molecule has 4 aromatic rings. The van der Waals surface area contributed by atoms with E-state index in [9.17, 15) is 27.1 Å². The predicted molar refractivity (Wildman–Crippen MR) is 108 cm³/mol. The predicted octanol–water partition coefficient (Wildman–Crippen LogP) is 6.07. The molecule has 32 heavy (non-hydrogen) atoms. The Labute approximate surface area is 179 Å². The first kappa shape index (κ1) is 21.8. The van der Waals surface area contributed by atoms with Crippen molar-refractivity contribution in [3.63, 3.8) is 0 Å². The van der Waals surface area contributed by atoms with E-state index < -0.39 is 29.3 Å². The van der Waals surface area contributed by atoms with E-state index in [1.165, 1.54) is 67.0 Å². The number of imidazole rings is 1. The van der Waals surface area contributed by atoms with Crippen LogP contribution in [0.3, 0.4) is 0 Å². The fraction of sp³-hybridized carbons (Fsp3) is 0.174. The molecule has 0 spiro atoms. The Balaban J connectivity index is 1.85. The van der Waals surface area contributed by atoms with Gasteiger partial charge in [-0.15, -0.1) is 13.2 Å². The van der Waals surface area contributed by atoms with Crippen LogP contribution in [0.5, 0.6) is 5.75 Å². The molecule has 2 aromatic heterocycles. The second kappa shape index (κ2) is 7.59. The van der Waals surface area contributed by atoms with Crippen molar-refractivity contribution in [3.8, 4) is 28.1 Å². The van der Waals surface area contributed by atoms with Crippen LogP contribution in [0.1, 0.15) is 19.4 Å². The Bertz CT molecular complexity index is 1310. The van der Waals surface area contributed by atoms with Gasteiger partial charge in [0.2, 0.25) is 0 Å². The van der Waals surface area contributed by atoms with Crippen LogP contribution in [0.15, 0.2) is 60.9 Å². The summed E-state index contributed by atoms with van der Waals surface area (Å²) >= 11 is 0. The maximum Gasteiger partial charge on any atom is 0.573 e. The summed E-state index contributed by atoms with van der Waals surface area (Å²) in [5.74, 6) is -2.01. The van der Waals surface area contributed by atoms with E-state index in [1.807, 2.05) is 0 Å².